The largest absolute Gasteiger partial charge is 0.309 e. The van der Waals surface area contributed by atoms with Crippen molar-refractivity contribution in [2.45, 2.75) is 38.1 Å². The van der Waals surface area contributed by atoms with Crippen molar-refractivity contribution >= 4 is 22.7 Å². The molecule has 0 spiro atoms. The minimum absolute atomic E-state index is 0.499. The number of nitrogens with one attached hydrogen (secondary N) is 1. The summed E-state index contributed by atoms with van der Waals surface area (Å²) in [5, 5.41) is 8.19. The fraction of sp³-hybridized carbons (Fsp3) is 0.500. The predicted molar refractivity (Wildman–Crippen MR) is 85.0 cm³/mol. The highest BCUT2D eigenvalue weighted by molar-refractivity contribution is 7.10. The van der Waals surface area contributed by atoms with Gasteiger partial charge >= 0.3 is 0 Å². The van der Waals surface area contributed by atoms with Gasteiger partial charge in [0.15, 0.2) is 0 Å². The van der Waals surface area contributed by atoms with Gasteiger partial charge in [0.2, 0.25) is 0 Å². The van der Waals surface area contributed by atoms with Crippen LogP contribution in [0.4, 0.5) is 0 Å². The number of thiophene rings is 2. The molecule has 1 atom stereocenters. The molecule has 0 amide bonds. The zero-order chi connectivity index (χ0) is 12.9. The Morgan fingerprint density at radius 3 is 2.58 bits per heavy atom. The Morgan fingerprint density at radius 2 is 1.89 bits per heavy atom. The number of hydrogen-bond acceptors (Lipinski definition) is 3. The van der Waals surface area contributed by atoms with Crippen LogP contribution >= 0.6 is 22.7 Å². The molecule has 1 aliphatic rings. The second-order valence-corrected chi connectivity index (χ2v) is 7.42. The molecule has 1 saturated carbocycles. The van der Waals surface area contributed by atoms with Crippen LogP contribution in [0.15, 0.2) is 35.0 Å². The van der Waals surface area contributed by atoms with Gasteiger partial charge in [0, 0.05) is 22.2 Å². The summed E-state index contributed by atoms with van der Waals surface area (Å²) >= 11 is 3.75. The van der Waals surface area contributed by atoms with E-state index in [1.54, 1.807) is 0 Å². The van der Waals surface area contributed by atoms with Crippen molar-refractivity contribution in [1.29, 1.82) is 0 Å². The van der Waals surface area contributed by atoms with Gasteiger partial charge in [-0.05, 0) is 48.2 Å². The minimum atomic E-state index is 0.499. The lowest BCUT2D eigenvalue weighted by atomic mass is 10.1. The van der Waals surface area contributed by atoms with Crippen molar-refractivity contribution in [3.8, 4) is 0 Å². The molecule has 0 aromatic carbocycles. The normalized spacial score (nSPS) is 17.9. The van der Waals surface area contributed by atoms with Crippen LogP contribution in [-0.4, -0.2) is 6.54 Å². The molecule has 1 unspecified atom stereocenters. The summed E-state index contributed by atoms with van der Waals surface area (Å²) in [6.07, 6.45) is 6.83. The fourth-order valence-corrected chi connectivity index (χ4v) is 4.47. The molecule has 2 heterocycles. The zero-order valence-electron chi connectivity index (χ0n) is 11.2. The lowest BCUT2D eigenvalue weighted by molar-refractivity contribution is 0.440. The average Bonchev–Trinajstić information content (AvgIpc) is 3.15. The second kappa shape index (κ2) is 6.69. The van der Waals surface area contributed by atoms with E-state index in [1.165, 1.54) is 42.0 Å². The van der Waals surface area contributed by atoms with E-state index < -0.39 is 0 Å². The van der Waals surface area contributed by atoms with Crippen molar-refractivity contribution in [3.63, 3.8) is 0 Å². The van der Waals surface area contributed by atoms with E-state index in [4.69, 9.17) is 0 Å². The summed E-state index contributed by atoms with van der Waals surface area (Å²) in [4.78, 5) is 2.96. The Morgan fingerprint density at radius 1 is 1.11 bits per heavy atom. The van der Waals surface area contributed by atoms with E-state index in [0.717, 1.165) is 12.3 Å². The molecular weight excluding hydrogens is 270 g/mol. The lowest BCUT2D eigenvalue weighted by Crippen LogP contribution is -2.27. The molecule has 19 heavy (non-hydrogen) atoms. The van der Waals surface area contributed by atoms with Crippen molar-refractivity contribution in [2.24, 2.45) is 5.92 Å². The van der Waals surface area contributed by atoms with E-state index >= 15 is 0 Å². The third-order valence-corrected chi connectivity index (χ3v) is 5.88. The van der Waals surface area contributed by atoms with Gasteiger partial charge in [0.25, 0.3) is 0 Å². The quantitative estimate of drug-likeness (QED) is 0.800. The van der Waals surface area contributed by atoms with Crippen LogP contribution in [0.5, 0.6) is 0 Å². The molecule has 1 N–H and O–H groups in total. The van der Waals surface area contributed by atoms with Gasteiger partial charge in [-0.15, -0.1) is 22.7 Å². The fourth-order valence-electron chi connectivity index (χ4n) is 2.92. The summed E-state index contributed by atoms with van der Waals surface area (Å²) < 4.78 is 0. The zero-order valence-corrected chi connectivity index (χ0v) is 12.8. The monoisotopic (exact) mass is 291 g/mol. The standard InChI is InChI=1S/C16H21NS2/c1-2-6-13(5-1)12-17-15(16-8-4-10-19-16)11-14-7-3-9-18-14/h3-4,7-10,13,15,17H,1-2,5-6,11-12H2. The van der Waals surface area contributed by atoms with Gasteiger partial charge < -0.3 is 5.32 Å². The predicted octanol–water partition coefficient (Wildman–Crippen LogP) is 4.87. The highest BCUT2D eigenvalue weighted by Gasteiger charge is 2.18. The Balaban J connectivity index is 1.62. The third-order valence-electron chi connectivity index (χ3n) is 4.00. The van der Waals surface area contributed by atoms with E-state index in [9.17, 15) is 0 Å². The van der Waals surface area contributed by atoms with Gasteiger partial charge in [0.05, 0.1) is 0 Å². The van der Waals surface area contributed by atoms with Crippen molar-refractivity contribution < 1.29 is 0 Å². The molecular formula is C16H21NS2. The molecule has 2 aromatic heterocycles. The highest BCUT2D eigenvalue weighted by atomic mass is 32.1. The Bertz CT molecular complexity index is 455. The smallest absolute Gasteiger partial charge is 0.0463 e. The third kappa shape index (κ3) is 3.68. The van der Waals surface area contributed by atoms with Crippen molar-refractivity contribution in [3.05, 3.63) is 44.8 Å². The van der Waals surface area contributed by atoms with Gasteiger partial charge in [-0.1, -0.05) is 25.0 Å². The lowest BCUT2D eigenvalue weighted by Gasteiger charge is -2.19. The van der Waals surface area contributed by atoms with E-state index in [1.807, 2.05) is 22.7 Å². The molecule has 1 nitrogen and oxygen atoms in total. The van der Waals surface area contributed by atoms with Crippen LogP contribution in [-0.2, 0) is 6.42 Å². The molecule has 0 aliphatic heterocycles. The first kappa shape index (κ1) is 13.3. The van der Waals surface area contributed by atoms with Crippen LogP contribution in [0.3, 0.4) is 0 Å². The number of rotatable bonds is 6. The summed E-state index contributed by atoms with van der Waals surface area (Å²) in [6.45, 7) is 1.19. The van der Waals surface area contributed by atoms with E-state index in [0.29, 0.717) is 6.04 Å². The maximum atomic E-state index is 3.82. The van der Waals surface area contributed by atoms with Gasteiger partial charge in [-0.25, -0.2) is 0 Å². The maximum Gasteiger partial charge on any atom is 0.0463 e. The van der Waals surface area contributed by atoms with Crippen LogP contribution in [0.25, 0.3) is 0 Å². The SMILES string of the molecule is c1csc(CC(NCC2CCCC2)c2cccs2)c1. The first-order chi connectivity index (χ1) is 9.42. The molecule has 1 fully saturated rings. The first-order valence-corrected chi connectivity index (χ1v) is 8.97. The Labute approximate surface area is 123 Å². The molecule has 0 saturated heterocycles. The summed E-state index contributed by atoms with van der Waals surface area (Å²) in [6, 6.07) is 9.34. The minimum Gasteiger partial charge on any atom is -0.309 e. The molecule has 3 rings (SSSR count). The summed E-state index contributed by atoms with van der Waals surface area (Å²) in [5.41, 5.74) is 0. The second-order valence-electron chi connectivity index (χ2n) is 5.41. The summed E-state index contributed by atoms with van der Waals surface area (Å²) in [7, 11) is 0. The molecule has 0 bridgehead atoms. The topological polar surface area (TPSA) is 12.0 Å². The highest BCUT2D eigenvalue weighted by Crippen LogP contribution is 2.28. The molecule has 0 radical (unpaired) electrons. The molecule has 3 heteroatoms. The Hall–Kier alpha value is -0.640. The van der Waals surface area contributed by atoms with Crippen molar-refractivity contribution in [1.82, 2.24) is 5.32 Å². The van der Waals surface area contributed by atoms with Crippen LogP contribution in [0.2, 0.25) is 0 Å². The van der Waals surface area contributed by atoms with Crippen LogP contribution in [0, 0.1) is 5.92 Å². The van der Waals surface area contributed by atoms with Crippen molar-refractivity contribution in [2.75, 3.05) is 6.54 Å². The first-order valence-electron chi connectivity index (χ1n) is 7.21. The van der Waals surface area contributed by atoms with E-state index in [2.05, 4.69) is 40.3 Å². The molecule has 1 aliphatic carbocycles. The van der Waals surface area contributed by atoms with Gasteiger partial charge in [-0.3, -0.25) is 0 Å². The van der Waals surface area contributed by atoms with Gasteiger partial charge in [0.1, 0.15) is 0 Å². The molecule has 2 aromatic rings. The number of hydrogen-bond donors (Lipinski definition) is 1. The summed E-state index contributed by atoms with van der Waals surface area (Å²) in [5.74, 6) is 0.908. The van der Waals surface area contributed by atoms with Gasteiger partial charge in [-0.2, -0.15) is 0 Å². The van der Waals surface area contributed by atoms with Crippen LogP contribution in [0.1, 0.15) is 41.5 Å². The Kier molecular flexibility index (Phi) is 4.70. The van der Waals surface area contributed by atoms with Crippen LogP contribution < -0.4 is 5.32 Å². The average molecular weight is 291 g/mol. The van der Waals surface area contributed by atoms with E-state index in [-0.39, 0.29) is 0 Å². The maximum absolute atomic E-state index is 3.82. The molecule has 102 valence electrons.